The molecule has 0 aromatic heterocycles. The minimum Gasteiger partial charge on any atom is -0.507 e. The van der Waals surface area contributed by atoms with Gasteiger partial charge in [0.15, 0.2) is 5.84 Å². The number of carboxylic acids is 1. The average molecular weight is 277 g/mol. The number of nitrogens with zero attached hydrogens (tertiary/aromatic N) is 1. The fraction of sp³-hybridized carbons (Fsp3) is 0.308. The third-order valence-corrected chi connectivity index (χ3v) is 2.85. The molecule has 1 aliphatic rings. The van der Waals surface area contributed by atoms with E-state index in [0.29, 0.717) is 18.8 Å². The summed E-state index contributed by atoms with van der Waals surface area (Å²) in [4.78, 5) is 27.0. The number of nitrogens with one attached hydrogen (secondary N) is 2. The summed E-state index contributed by atoms with van der Waals surface area (Å²) < 4.78 is 0. The van der Waals surface area contributed by atoms with E-state index >= 15 is 0 Å². The van der Waals surface area contributed by atoms with E-state index in [1.165, 1.54) is 18.2 Å². The molecule has 1 amide bonds. The van der Waals surface area contributed by atoms with Gasteiger partial charge in [-0.2, -0.15) is 0 Å². The lowest BCUT2D eigenvalue weighted by atomic mass is 10.2. The molecule has 7 heteroatoms. The maximum atomic E-state index is 12.0. The van der Waals surface area contributed by atoms with Gasteiger partial charge in [0.1, 0.15) is 11.3 Å². The Bertz CT molecular complexity index is 569. The monoisotopic (exact) mass is 277 g/mol. The van der Waals surface area contributed by atoms with Gasteiger partial charge in [0.25, 0.3) is 5.91 Å². The van der Waals surface area contributed by atoms with E-state index in [-0.39, 0.29) is 17.1 Å². The number of anilines is 1. The number of carbonyl (C=O) groups is 2. The molecule has 0 saturated heterocycles. The molecule has 4 N–H and O–H groups in total. The van der Waals surface area contributed by atoms with Crippen LogP contribution in [0.3, 0.4) is 0 Å². The molecule has 0 atom stereocenters. The predicted molar refractivity (Wildman–Crippen MR) is 73.2 cm³/mol. The van der Waals surface area contributed by atoms with Gasteiger partial charge in [0.2, 0.25) is 0 Å². The van der Waals surface area contributed by atoms with Gasteiger partial charge in [-0.05, 0) is 31.0 Å². The van der Waals surface area contributed by atoms with Crippen LogP contribution in [0.15, 0.2) is 23.2 Å². The van der Waals surface area contributed by atoms with Gasteiger partial charge in [0, 0.05) is 18.8 Å². The Balaban J connectivity index is 2.13. The molecule has 20 heavy (non-hydrogen) atoms. The quantitative estimate of drug-likeness (QED) is 0.611. The fourth-order valence-corrected chi connectivity index (χ4v) is 1.82. The van der Waals surface area contributed by atoms with E-state index in [0.717, 1.165) is 12.8 Å². The van der Waals surface area contributed by atoms with Crippen LogP contribution in [0, 0.1) is 0 Å². The van der Waals surface area contributed by atoms with Crippen molar-refractivity contribution in [1.82, 2.24) is 5.32 Å². The minimum absolute atomic E-state index is 0.243. The first-order valence-electron chi connectivity index (χ1n) is 6.24. The summed E-state index contributed by atoms with van der Waals surface area (Å²) in [6.45, 7) is 1.27. The van der Waals surface area contributed by atoms with Crippen molar-refractivity contribution in [2.75, 3.05) is 18.4 Å². The highest BCUT2D eigenvalue weighted by molar-refractivity contribution is 6.42. The molecule has 0 spiro atoms. The molecule has 0 aliphatic carbocycles. The molecule has 2 rings (SSSR count). The maximum Gasteiger partial charge on any atom is 0.339 e. The number of hydrogen-bond acceptors (Lipinski definition) is 5. The Morgan fingerprint density at radius 1 is 1.30 bits per heavy atom. The second-order valence-corrected chi connectivity index (χ2v) is 4.36. The number of carbonyl (C=O) groups excluding carboxylic acids is 1. The van der Waals surface area contributed by atoms with E-state index in [1.54, 1.807) is 0 Å². The van der Waals surface area contributed by atoms with Gasteiger partial charge in [0.05, 0.1) is 0 Å². The molecule has 7 nitrogen and oxygen atoms in total. The average Bonchev–Trinajstić information content (AvgIpc) is 2.69. The van der Waals surface area contributed by atoms with Gasteiger partial charge in [-0.15, -0.1) is 0 Å². The topological polar surface area (TPSA) is 111 Å². The van der Waals surface area contributed by atoms with E-state index in [1.807, 2.05) is 0 Å². The summed E-state index contributed by atoms with van der Waals surface area (Å²) in [5, 5.41) is 23.8. The van der Waals surface area contributed by atoms with Gasteiger partial charge in [-0.25, -0.2) is 4.79 Å². The summed E-state index contributed by atoms with van der Waals surface area (Å²) in [5.41, 5.74) is 0.0255. The molecular weight excluding hydrogens is 262 g/mol. The van der Waals surface area contributed by atoms with Crippen molar-refractivity contribution in [1.29, 1.82) is 0 Å². The smallest absolute Gasteiger partial charge is 0.339 e. The number of aromatic hydroxyl groups is 1. The van der Waals surface area contributed by atoms with Crippen molar-refractivity contribution in [2.45, 2.75) is 12.8 Å². The Morgan fingerprint density at radius 2 is 2.10 bits per heavy atom. The first-order chi connectivity index (χ1) is 9.58. The Kier molecular flexibility index (Phi) is 4.19. The highest BCUT2D eigenvalue weighted by Gasteiger charge is 2.15. The molecule has 0 radical (unpaired) electrons. The number of amides is 1. The van der Waals surface area contributed by atoms with Crippen LogP contribution in [0.2, 0.25) is 0 Å². The molecule has 1 aromatic carbocycles. The van der Waals surface area contributed by atoms with Crippen molar-refractivity contribution in [3.05, 3.63) is 23.8 Å². The van der Waals surface area contributed by atoms with Crippen LogP contribution in [-0.2, 0) is 4.79 Å². The minimum atomic E-state index is -1.26. The second kappa shape index (κ2) is 6.05. The van der Waals surface area contributed by atoms with Crippen LogP contribution in [0.5, 0.6) is 5.75 Å². The fourth-order valence-electron chi connectivity index (χ4n) is 1.82. The molecule has 106 valence electrons. The van der Waals surface area contributed by atoms with E-state index in [4.69, 9.17) is 5.11 Å². The zero-order valence-corrected chi connectivity index (χ0v) is 10.7. The molecule has 0 fully saturated rings. The summed E-state index contributed by atoms with van der Waals surface area (Å²) in [6.07, 6.45) is 1.87. The van der Waals surface area contributed by atoms with E-state index < -0.39 is 11.9 Å². The number of hydrogen-bond donors (Lipinski definition) is 4. The number of aromatic carboxylic acids is 1. The van der Waals surface area contributed by atoms with Crippen molar-refractivity contribution in [3.63, 3.8) is 0 Å². The van der Waals surface area contributed by atoms with Gasteiger partial charge >= 0.3 is 5.97 Å². The summed E-state index contributed by atoms with van der Waals surface area (Å²) in [5.74, 6) is -1.79. The number of phenols is 1. The molecule has 0 saturated carbocycles. The number of rotatable bonds is 3. The third kappa shape index (κ3) is 3.25. The molecule has 1 aliphatic heterocycles. The third-order valence-electron chi connectivity index (χ3n) is 2.85. The van der Waals surface area contributed by atoms with Crippen LogP contribution < -0.4 is 10.6 Å². The van der Waals surface area contributed by atoms with Gasteiger partial charge < -0.3 is 20.8 Å². The lowest BCUT2D eigenvalue weighted by Crippen LogP contribution is -2.35. The van der Waals surface area contributed by atoms with Gasteiger partial charge in [-0.3, -0.25) is 9.79 Å². The van der Waals surface area contributed by atoms with E-state index in [2.05, 4.69) is 15.6 Å². The summed E-state index contributed by atoms with van der Waals surface area (Å²) >= 11 is 0. The SMILES string of the molecule is O=C(Nc1ccc(O)c(C(=O)O)c1)C1=NCCCCN1. The van der Waals surface area contributed by atoms with Crippen molar-refractivity contribution >= 4 is 23.4 Å². The lowest BCUT2D eigenvalue weighted by molar-refractivity contribution is -0.110. The Labute approximate surface area is 115 Å². The molecule has 1 aromatic rings. The second-order valence-electron chi connectivity index (χ2n) is 4.36. The number of carboxylic acid groups (broad SMARTS) is 1. The molecular formula is C13H15N3O4. The highest BCUT2D eigenvalue weighted by atomic mass is 16.4. The maximum absolute atomic E-state index is 12.0. The molecule has 0 bridgehead atoms. The van der Waals surface area contributed by atoms with Crippen LogP contribution in [0.25, 0.3) is 0 Å². The van der Waals surface area contributed by atoms with E-state index in [9.17, 15) is 14.7 Å². The first-order valence-corrected chi connectivity index (χ1v) is 6.24. The largest absolute Gasteiger partial charge is 0.507 e. The first kappa shape index (κ1) is 13.9. The van der Waals surface area contributed by atoms with Crippen molar-refractivity contribution in [3.8, 4) is 5.75 Å². The standard InChI is InChI=1S/C13H15N3O4/c17-10-4-3-8(7-9(10)13(19)20)16-12(18)11-14-5-1-2-6-15-11/h3-4,7,17H,1-2,5-6H2,(H,14,15)(H,16,18)(H,19,20). The van der Waals surface area contributed by atoms with Crippen LogP contribution in [0.1, 0.15) is 23.2 Å². The van der Waals surface area contributed by atoms with Crippen molar-refractivity contribution < 1.29 is 19.8 Å². The van der Waals surface area contributed by atoms with Gasteiger partial charge in [-0.1, -0.05) is 0 Å². The molecule has 0 unspecified atom stereocenters. The van der Waals surface area contributed by atoms with Crippen LogP contribution in [0.4, 0.5) is 5.69 Å². The zero-order chi connectivity index (χ0) is 14.5. The van der Waals surface area contributed by atoms with Crippen molar-refractivity contribution in [2.24, 2.45) is 4.99 Å². The lowest BCUT2D eigenvalue weighted by Gasteiger charge is -2.09. The van der Waals surface area contributed by atoms with Crippen LogP contribution >= 0.6 is 0 Å². The number of aliphatic imine (C=N–C) groups is 1. The number of benzene rings is 1. The molecule has 1 heterocycles. The summed E-state index contributed by atoms with van der Waals surface area (Å²) in [7, 11) is 0. The normalized spacial score (nSPS) is 14.7. The Morgan fingerprint density at radius 3 is 2.85 bits per heavy atom. The summed E-state index contributed by atoms with van der Waals surface area (Å²) in [6, 6.07) is 3.85. The zero-order valence-electron chi connectivity index (χ0n) is 10.7. The number of amidine groups is 1. The van der Waals surface area contributed by atoms with Crippen LogP contribution in [-0.4, -0.2) is 41.0 Å². The highest BCUT2D eigenvalue weighted by Crippen LogP contribution is 2.21. The Hall–Kier alpha value is -2.57. The predicted octanol–water partition coefficient (Wildman–Crippen LogP) is 0.811.